The highest BCUT2D eigenvalue weighted by Gasteiger charge is 2.07. The van der Waals surface area contributed by atoms with E-state index in [0.29, 0.717) is 16.4 Å². The van der Waals surface area contributed by atoms with Crippen molar-refractivity contribution in [2.75, 3.05) is 0 Å². The number of pyridine rings is 1. The molecule has 1 aromatic rings. The summed E-state index contributed by atoms with van der Waals surface area (Å²) < 4.78 is 5.43. The van der Waals surface area contributed by atoms with Crippen LogP contribution in [0.4, 0.5) is 0 Å². The van der Waals surface area contributed by atoms with Gasteiger partial charge in [0.15, 0.2) is 0 Å². The molecule has 0 aliphatic carbocycles. The normalized spacial score (nSPS) is 10.1. The van der Waals surface area contributed by atoms with Crippen molar-refractivity contribution in [3.63, 3.8) is 0 Å². The van der Waals surface area contributed by atoms with E-state index in [4.69, 9.17) is 22.7 Å². The van der Waals surface area contributed by atoms with Crippen LogP contribution in [0, 0.1) is 0 Å². The predicted molar refractivity (Wildman–Crippen MR) is 55.9 cm³/mol. The Morgan fingerprint density at radius 2 is 2.31 bits per heavy atom. The molecule has 0 amide bonds. The molecule has 0 spiro atoms. The third-order valence-electron chi connectivity index (χ3n) is 1.38. The SMILES string of the molecule is CC(C)Oc1ncccc1C(N)=S. The lowest BCUT2D eigenvalue weighted by Crippen LogP contribution is -2.15. The third kappa shape index (κ3) is 2.66. The molecule has 4 heteroatoms. The van der Waals surface area contributed by atoms with Crippen LogP contribution in [0.1, 0.15) is 19.4 Å². The molecule has 2 N–H and O–H groups in total. The monoisotopic (exact) mass is 196 g/mol. The van der Waals surface area contributed by atoms with Crippen molar-refractivity contribution in [1.82, 2.24) is 4.98 Å². The molecule has 13 heavy (non-hydrogen) atoms. The van der Waals surface area contributed by atoms with Crippen molar-refractivity contribution in [1.29, 1.82) is 0 Å². The van der Waals surface area contributed by atoms with E-state index in [9.17, 15) is 0 Å². The van der Waals surface area contributed by atoms with Gasteiger partial charge < -0.3 is 10.5 Å². The molecule has 70 valence electrons. The van der Waals surface area contributed by atoms with Gasteiger partial charge in [0.25, 0.3) is 0 Å². The summed E-state index contributed by atoms with van der Waals surface area (Å²) in [6, 6.07) is 3.58. The molecule has 1 heterocycles. The lowest BCUT2D eigenvalue weighted by molar-refractivity contribution is 0.232. The highest BCUT2D eigenvalue weighted by molar-refractivity contribution is 7.80. The molecule has 0 bridgehead atoms. The summed E-state index contributed by atoms with van der Waals surface area (Å²) in [6.07, 6.45) is 1.72. The van der Waals surface area contributed by atoms with E-state index in [2.05, 4.69) is 4.98 Å². The topological polar surface area (TPSA) is 48.1 Å². The molecular formula is C9H12N2OS. The Bertz CT molecular complexity index is 312. The minimum Gasteiger partial charge on any atom is -0.474 e. The first-order valence-corrected chi connectivity index (χ1v) is 4.43. The fourth-order valence-corrected chi connectivity index (χ4v) is 1.05. The standard InChI is InChI=1S/C9H12N2OS/c1-6(2)12-9-7(8(10)13)4-3-5-11-9/h3-6H,1-2H3,(H2,10,13). The second-order valence-corrected chi connectivity index (χ2v) is 3.33. The van der Waals surface area contributed by atoms with Gasteiger partial charge in [0, 0.05) is 6.20 Å². The molecule has 0 aliphatic rings. The minimum atomic E-state index is 0.0722. The van der Waals surface area contributed by atoms with Crippen LogP contribution in [0.5, 0.6) is 5.88 Å². The molecule has 0 fully saturated rings. The lowest BCUT2D eigenvalue weighted by Gasteiger charge is -2.11. The Morgan fingerprint density at radius 3 is 2.85 bits per heavy atom. The van der Waals surface area contributed by atoms with Crippen LogP contribution in [0.3, 0.4) is 0 Å². The highest BCUT2D eigenvalue weighted by Crippen LogP contribution is 2.15. The van der Waals surface area contributed by atoms with Gasteiger partial charge in [-0.1, -0.05) is 12.2 Å². The summed E-state index contributed by atoms with van der Waals surface area (Å²) >= 11 is 4.86. The van der Waals surface area contributed by atoms with Gasteiger partial charge in [0.2, 0.25) is 5.88 Å². The number of thiocarbonyl (C=S) groups is 1. The lowest BCUT2D eigenvalue weighted by atomic mass is 10.3. The Kier molecular flexibility index (Phi) is 3.19. The predicted octanol–water partition coefficient (Wildman–Crippen LogP) is 1.50. The molecule has 0 radical (unpaired) electrons. The summed E-state index contributed by atoms with van der Waals surface area (Å²) in [5, 5.41) is 0. The van der Waals surface area contributed by atoms with Crippen molar-refractivity contribution in [3.05, 3.63) is 23.9 Å². The van der Waals surface area contributed by atoms with Gasteiger partial charge in [-0.3, -0.25) is 0 Å². The fraction of sp³-hybridized carbons (Fsp3) is 0.333. The van der Waals surface area contributed by atoms with Gasteiger partial charge in [0.05, 0.1) is 11.7 Å². The molecular weight excluding hydrogens is 184 g/mol. The van der Waals surface area contributed by atoms with E-state index in [0.717, 1.165) is 0 Å². The molecule has 1 aromatic heterocycles. The van der Waals surface area contributed by atoms with Gasteiger partial charge >= 0.3 is 0 Å². The molecule has 0 aliphatic heterocycles. The van der Waals surface area contributed by atoms with Crippen molar-refractivity contribution in [2.24, 2.45) is 5.73 Å². The first kappa shape index (κ1) is 9.92. The maximum absolute atomic E-state index is 5.50. The zero-order valence-electron chi connectivity index (χ0n) is 7.65. The zero-order valence-corrected chi connectivity index (χ0v) is 8.47. The van der Waals surface area contributed by atoms with Gasteiger partial charge in [0.1, 0.15) is 4.99 Å². The van der Waals surface area contributed by atoms with E-state index < -0.39 is 0 Å². The quantitative estimate of drug-likeness (QED) is 0.744. The van der Waals surface area contributed by atoms with Gasteiger partial charge in [-0.2, -0.15) is 0 Å². The van der Waals surface area contributed by atoms with Crippen molar-refractivity contribution in [2.45, 2.75) is 20.0 Å². The number of aromatic nitrogens is 1. The number of hydrogen-bond donors (Lipinski definition) is 1. The van der Waals surface area contributed by atoms with E-state index in [1.807, 2.05) is 13.8 Å². The molecule has 1 rings (SSSR count). The zero-order chi connectivity index (χ0) is 9.84. The molecule has 3 nitrogen and oxygen atoms in total. The molecule has 0 unspecified atom stereocenters. The van der Waals surface area contributed by atoms with Gasteiger partial charge in [-0.15, -0.1) is 0 Å². The van der Waals surface area contributed by atoms with E-state index in [-0.39, 0.29) is 6.10 Å². The molecule has 0 aromatic carbocycles. The summed E-state index contributed by atoms with van der Waals surface area (Å²) in [4.78, 5) is 4.36. The van der Waals surface area contributed by atoms with E-state index in [1.165, 1.54) is 0 Å². The number of rotatable bonds is 3. The maximum Gasteiger partial charge on any atom is 0.223 e. The van der Waals surface area contributed by atoms with E-state index >= 15 is 0 Å². The maximum atomic E-state index is 5.50. The van der Waals surface area contributed by atoms with Gasteiger partial charge in [-0.05, 0) is 26.0 Å². The Hall–Kier alpha value is -1.16. The second-order valence-electron chi connectivity index (χ2n) is 2.89. The summed E-state index contributed by atoms with van der Waals surface area (Å²) in [6.45, 7) is 3.86. The summed E-state index contributed by atoms with van der Waals surface area (Å²) in [5.41, 5.74) is 6.19. The first-order chi connectivity index (χ1) is 6.11. The van der Waals surface area contributed by atoms with Crippen molar-refractivity contribution in [3.8, 4) is 5.88 Å². The smallest absolute Gasteiger partial charge is 0.223 e. The average molecular weight is 196 g/mol. The van der Waals surface area contributed by atoms with Crippen LogP contribution in [-0.4, -0.2) is 16.1 Å². The van der Waals surface area contributed by atoms with Crippen LogP contribution >= 0.6 is 12.2 Å². The fourth-order valence-electron chi connectivity index (χ4n) is 0.896. The van der Waals surface area contributed by atoms with Crippen LogP contribution in [0.25, 0.3) is 0 Å². The average Bonchev–Trinajstić information content (AvgIpc) is 2.03. The van der Waals surface area contributed by atoms with Crippen molar-refractivity contribution >= 4 is 17.2 Å². The minimum absolute atomic E-state index is 0.0722. The first-order valence-electron chi connectivity index (χ1n) is 4.02. The summed E-state index contributed by atoms with van der Waals surface area (Å²) in [7, 11) is 0. The molecule has 0 atom stereocenters. The summed E-state index contributed by atoms with van der Waals surface area (Å²) in [5.74, 6) is 0.505. The van der Waals surface area contributed by atoms with Crippen LogP contribution in [-0.2, 0) is 0 Å². The highest BCUT2D eigenvalue weighted by atomic mass is 32.1. The van der Waals surface area contributed by atoms with E-state index in [1.54, 1.807) is 18.3 Å². The largest absolute Gasteiger partial charge is 0.474 e. The Labute approximate surface area is 82.9 Å². The number of ether oxygens (including phenoxy) is 1. The number of nitrogens with zero attached hydrogens (tertiary/aromatic N) is 1. The van der Waals surface area contributed by atoms with Crippen molar-refractivity contribution < 1.29 is 4.74 Å². The Balaban J connectivity index is 2.98. The Morgan fingerprint density at radius 1 is 1.62 bits per heavy atom. The number of nitrogens with two attached hydrogens (primary N) is 1. The van der Waals surface area contributed by atoms with Gasteiger partial charge in [-0.25, -0.2) is 4.98 Å². The van der Waals surface area contributed by atoms with Crippen LogP contribution < -0.4 is 10.5 Å². The molecule has 0 saturated heterocycles. The number of hydrogen-bond acceptors (Lipinski definition) is 3. The van der Waals surface area contributed by atoms with Crippen LogP contribution in [0.2, 0.25) is 0 Å². The third-order valence-corrected chi connectivity index (χ3v) is 1.60. The molecule has 0 saturated carbocycles. The van der Waals surface area contributed by atoms with Crippen LogP contribution in [0.15, 0.2) is 18.3 Å². The second kappa shape index (κ2) is 4.18.